The summed E-state index contributed by atoms with van der Waals surface area (Å²) in [5.41, 5.74) is -1.39. The van der Waals surface area contributed by atoms with Crippen LogP contribution in [0.4, 0.5) is 8.78 Å². The number of imidazole rings is 1. The lowest BCUT2D eigenvalue weighted by molar-refractivity contribution is -0.108. The van der Waals surface area contributed by atoms with Gasteiger partial charge in [0.05, 0.1) is 18.2 Å². The van der Waals surface area contributed by atoms with E-state index < -0.39 is 30.3 Å². The number of carboxylic acids is 1. The van der Waals surface area contributed by atoms with Gasteiger partial charge in [-0.15, -0.1) is 0 Å². The third-order valence-electron chi connectivity index (χ3n) is 4.28. The van der Waals surface area contributed by atoms with Gasteiger partial charge in [0.1, 0.15) is 11.3 Å². The van der Waals surface area contributed by atoms with Crippen molar-refractivity contribution >= 4 is 5.97 Å². The molecule has 3 rings (SSSR count). The molecule has 0 aromatic carbocycles. The van der Waals surface area contributed by atoms with Crippen LogP contribution in [0.15, 0.2) is 18.6 Å². The van der Waals surface area contributed by atoms with E-state index in [4.69, 9.17) is 0 Å². The van der Waals surface area contributed by atoms with E-state index in [-0.39, 0.29) is 30.1 Å². The molecule has 7 nitrogen and oxygen atoms in total. The number of aliphatic hydroxyl groups is 1. The molecule has 2 aromatic rings. The second kappa shape index (κ2) is 5.59. The first kappa shape index (κ1) is 16.4. The van der Waals surface area contributed by atoms with E-state index in [0.29, 0.717) is 5.69 Å². The molecule has 1 aliphatic rings. The molecule has 0 radical (unpaired) electrons. The molecule has 0 saturated heterocycles. The van der Waals surface area contributed by atoms with Crippen molar-refractivity contribution in [1.82, 2.24) is 19.5 Å². The molecule has 2 aromatic heterocycles. The summed E-state index contributed by atoms with van der Waals surface area (Å²) in [6.07, 6.45) is 1.63. The predicted octanol–water partition coefficient (Wildman–Crippen LogP) is 1.97. The maximum absolute atomic E-state index is 13.4. The van der Waals surface area contributed by atoms with Crippen LogP contribution in [0.1, 0.15) is 41.9 Å². The Morgan fingerprint density at radius 2 is 1.92 bits per heavy atom. The molecule has 24 heavy (non-hydrogen) atoms. The number of alkyl halides is 2. The first-order chi connectivity index (χ1) is 11.2. The molecule has 0 aliphatic heterocycles. The van der Waals surface area contributed by atoms with E-state index >= 15 is 0 Å². The zero-order valence-electron chi connectivity index (χ0n) is 12.9. The summed E-state index contributed by atoms with van der Waals surface area (Å²) < 4.78 is 28.4. The Kier molecular flexibility index (Phi) is 3.83. The average molecular weight is 338 g/mol. The Hall–Kier alpha value is -2.42. The van der Waals surface area contributed by atoms with Crippen molar-refractivity contribution in [3.05, 3.63) is 30.0 Å². The van der Waals surface area contributed by atoms with Gasteiger partial charge in [0.15, 0.2) is 11.5 Å². The van der Waals surface area contributed by atoms with Crippen molar-refractivity contribution in [3.63, 3.8) is 0 Å². The third kappa shape index (κ3) is 2.99. The minimum Gasteiger partial charge on any atom is -0.477 e. The van der Waals surface area contributed by atoms with Crippen LogP contribution in [-0.2, 0) is 12.6 Å². The highest BCUT2D eigenvalue weighted by Crippen LogP contribution is 2.43. The molecule has 1 fully saturated rings. The molecule has 1 aliphatic carbocycles. The molecular formula is C15H16F2N4O3. The van der Waals surface area contributed by atoms with Gasteiger partial charge in [0.2, 0.25) is 5.92 Å². The molecule has 0 amide bonds. The Balaban J connectivity index is 2.06. The number of aromatic carboxylic acids is 1. The predicted molar refractivity (Wildman–Crippen MR) is 78.5 cm³/mol. The fraction of sp³-hybridized carbons (Fsp3) is 0.467. The number of carboxylic acid groups (broad SMARTS) is 1. The lowest BCUT2D eigenvalue weighted by Gasteiger charge is -2.35. The Morgan fingerprint density at radius 1 is 1.25 bits per heavy atom. The SMILES string of the molecule is Cn1cncc1-c1nc(C(=O)O)cc(C2(O)CCC(F)(F)CC2)n1. The lowest BCUT2D eigenvalue weighted by Crippen LogP contribution is -2.37. The van der Waals surface area contributed by atoms with Crippen molar-refractivity contribution in [2.24, 2.45) is 7.05 Å². The maximum atomic E-state index is 13.4. The molecule has 0 atom stereocenters. The van der Waals surface area contributed by atoms with Crippen LogP contribution in [-0.4, -0.2) is 41.6 Å². The van der Waals surface area contributed by atoms with Crippen molar-refractivity contribution in [2.75, 3.05) is 0 Å². The fourth-order valence-corrected chi connectivity index (χ4v) is 2.77. The molecular weight excluding hydrogens is 322 g/mol. The van der Waals surface area contributed by atoms with Gasteiger partial charge >= 0.3 is 5.97 Å². The Bertz CT molecular complexity index is 781. The normalized spacial score (nSPS) is 19.2. The highest BCUT2D eigenvalue weighted by Gasteiger charge is 2.44. The molecule has 128 valence electrons. The smallest absolute Gasteiger partial charge is 0.354 e. The molecule has 2 N–H and O–H groups in total. The van der Waals surface area contributed by atoms with E-state index in [1.54, 1.807) is 11.6 Å². The number of aryl methyl sites for hydroxylation is 1. The summed E-state index contributed by atoms with van der Waals surface area (Å²) in [6, 6.07) is 1.14. The van der Waals surface area contributed by atoms with Gasteiger partial charge in [-0.1, -0.05) is 0 Å². The van der Waals surface area contributed by atoms with Crippen molar-refractivity contribution < 1.29 is 23.8 Å². The zero-order valence-corrected chi connectivity index (χ0v) is 12.9. The van der Waals surface area contributed by atoms with E-state index in [1.165, 1.54) is 12.5 Å². The molecule has 2 heterocycles. The summed E-state index contributed by atoms with van der Waals surface area (Å²) >= 11 is 0. The van der Waals surface area contributed by atoms with Gasteiger partial charge in [-0.05, 0) is 18.9 Å². The van der Waals surface area contributed by atoms with Crippen LogP contribution in [0.5, 0.6) is 0 Å². The van der Waals surface area contributed by atoms with E-state index in [1.807, 2.05) is 0 Å². The first-order valence-corrected chi connectivity index (χ1v) is 7.40. The number of hydrogen-bond donors (Lipinski definition) is 2. The van der Waals surface area contributed by atoms with Crippen LogP contribution in [0, 0.1) is 0 Å². The lowest BCUT2D eigenvalue weighted by atomic mass is 9.80. The Morgan fingerprint density at radius 3 is 2.46 bits per heavy atom. The monoisotopic (exact) mass is 338 g/mol. The quantitative estimate of drug-likeness (QED) is 0.887. The van der Waals surface area contributed by atoms with Gasteiger partial charge in [-0.3, -0.25) is 0 Å². The molecule has 0 unspecified atom stereocenters. The van der Waals surface area contributed by atoms with E-state index in [9.17, 15) is 23.8 Å². The topological polar surface area (TPSA) is 101 Å². The fourth-order valence-electron chi connectivity index (χ4n) is 2.77. The highest BCUT2D eigenvalue weighted by atomic mass is 19.3. The first-order valence-electron chi connectivity index (χ1n) is 7.40. The summed E-state index contributed by atoms with van der Waals surface area (Å²) in [7, 11) is 1.69. The van der Waals surface area contributed by atoms with Crippen molar-refractivity contribution in [2.45, 2.75) is 37.2 Å². The number of carbonyl (C=O) groups is 1. The number of aromatic nitrogens is 4. The van der Waals surface area contributed by atoms with Crippen molar-refractivity contribution in [3.8, 4) is 11.5 Å². The molecule has 9 heteroatoms. The van der Waals surface area contributed by atoms with Gasteiger partial charge < -0.3 is 14.8 Å². The molecule has 1 saturated carbocycles. The zero-order chi connectivity index (χ0) is 17.5. The average Bonchev–Trinajstić information content (AvgIpc) is 2.96. The van der Waals surface area contributed by atoms with Gasteiger partial charge in [-0.25, -0.2) is 28.5 Å². The van der Waals surface area contributed by atoms with Crippen LogP contribution in [0.25, 0.3) is 11.5 Å². The minimum atomic E-state index is -2.82. The Labute approximate surface area is 136 Å². The molecule has 0 bridgehead atoms. The number of hydrogen-bond acceptors (Lipinski definition) is 5. The van der Waals surface area contributed by atoms with Gasteiger partial charge in [-0.2, -0.15) is 0 Å². The number of nitrogens with zero attached hydrogens (tertiary/aromatic N) is 4. The van der Waals surface area contributed by atoms with E-state index in [2.05, 4.69) is 15.0 Å². The summed E-state index contributed by atoms with van der Waals surface area (Å²) in [5, 5.41) is 20.0. The van der Waals surface area contributed by atoms with Gasteiger partial charge in [0.25, 0.3) is 0 Å². The number of rotatable bonds is 3. The highest BCUT2D eigenvalue weighted by molar-refractivity contribution is 5.86. The standard InChI is InChI=1S/C15H16F2N4O3/c1-21-8-18-7-10(21)12-19-9(13(22)23)6-11(20-12)14(24)2-4-15(16,17)5-3-14/h6-8,24H,2-5H2,1H3,(H,22,23). The van der Waals surface area contributed by atoms with Crippen LogP contribution >= 0.6 is 0 Å². The molecule has 0 spiro atoms. The summed E-state index contributed by atoms with van der Waals surface area (Å²) in [6.45, 7) is 0. The summed E-state index contributed by atoms with van der Waals surface area (Å²) in [5.74, 6) is -4.03. The third-order valence-corrected chi connectivity index (χ3v) is 4.28. The second-order valence-corrected chi connectivity index (χ2v) is 6.04. The minimum absolute atomic E-state index is 0.0431. The van der Waals surface area contributed by atoms with Crippen LogP contribution in [0.3, 0.4) is 0 Å². The van der Waals surface area contributed by atoms with E-state index in [0.717, 1.165) is 6.07 Å². The van der Waals surface area contributed by atoms with Crippen LogP contribution < -0.4 is 0 Å². The second-order valence-electron chi connectivity index (χ2n) is 6.04. The van der Waals surface area contributed by atoms with Gasteiger partial charge in [0, 0.05) is 19.9 Å². The maximum Gasteiger partial charge on any atom is 0.354 e. The van der Waals surface area contributed by atoms with Crippen molar-refractivity contribution in [1.29, 1.82) is 0 Å². The van der Waals surface area contributed by atoms with Crippen LogP contribution in [0.2, 0.25) is 0 Å². The largest absolute Gasteiger partial charge is 0.477 e. The summed E-state index contributed by atoms with van der Waals surface area (Å²) in [4.78, 5) is 23.5. The number of halogens is 2.